The summed E-state index contributed by atoms with van der Waals surface area (Å²) in [6.07, 6.45) is 45.4. The summed E-state index contributed by atoms with van der Waals surface area (Å²) in [6, 6.07) is 0. The van der Waals surface area contributed by atoms with Crippen molar-refractivity contribution < 1.29 is 9.59 Å². The zero-order valence-corrected chi connectivity index (χ0v) is 30.2. The minimum Gasteiger partial charge on any atom is -0.345 e. The van der Waals surface area contributed by atoms with Gasteiger partial charge in [-0.05, 0) is 32.6 Å². The van der Waals surface area contributed by atoms with Crippen molar-refractivity contribution in [3.05, 3.63) is 0 Å². The quantitative estimate of drug-likeness (QED) is 0.0434. The van der Waals surface area contributed by atoms with Gasteiger partial charge in [-0.1, -0.05) is 194 Å². The Morgan fingerprint density at radius 2 is 0.524 bits per heavy atom. The van der Waals surface area contributed by atoms with Crippen LogP contribution >= 0.6 is 0 Å². The predicted octanol–water partition coefficient (Wildman–Crippen LogP) is 13.7. The highest BCUT2D eigenvalue weighted by molar-refractivity contribution is 4.54. The smallest absolute Gasteiger partial charge is 0.187 e. The second kappa shape index (κ2) is 33.8. The number of aliphatic hydroxyl groups excluding tert-OH is 1. The predicted molar refractivity (Wildman–Crippen MR) is 191 cm³/mol. The summed E-state index contributed by atoms with van der Waals surface area (Å²) in [7, 11) is 0. The summed E-state index contributed by atoms with van der Waals surface area (Å²) in [5.41, 5.74) is 0. The van der Waals surface area contributed by atoms with Crippen molar-refractivity contribution in [1.82, 2.24) is 0 Å². The van der Waals surface area contributed by atoms with E-state index in [0.717, 1.165) is 11.0 Å². The molecule has 254 valence electrons. The van der Waals surface area contributed by atoms with Crippen LogP contribution in [0.5, 0.6) is 0 Å². The SMILES string of the molecule is CCCCCCCCCCCCCCCCCC[N+](CC)(CCCCCCCCCCCCCCCCCC)C(C)O. The van der Waals surface area contributed by atoms with Crippen molar-refractivity contribution in [3.63, 3.8) is 0 Å². The van der Waals surface area contributed by atoms with E-state index in [1.54, 1.807) is 0 Å². The highest BCUT2D eigenvalue weighted by atomic mass is 16.3. The molecule has 0 saturated carbocycles. The van der Waals surface area contributed by atoms with Gasteiger partial charge in [-0.15, -0.1) is 0 Å². The van der Waals surface area contributed by atoms with Gasteiger partial charge in [0.2, 0.25) is 0 Å². The second-order valence-corrected chi connectivity index (χ2v) is 14.2. The largest absolute Gasteiger partial charge is 0.345 e. The monoisotopic (exact) mass is 595 g/mol. The van der Waals surface area contributed by atoms with E-state index >= 15 is 0 Å². The van der Waals surface area contributed by atoms with E-state index in [9.17, 15) is 5.11 Å². The maximum atomic E-state index is 10.7. The van der Waals surface area contributed by atoms with Crippen LogP contribution < -0.4 is 0 Å². The van der Waals surface area contributed by atoms with E-state index in [1.807, 2.05) is 6.92 Å². The Morgan fingerprint density at radius 1 is 0.333 bits per heavy atom. The molecule has 0 aromatic rings. The molecule has 0 heterocycles. The van der Waals surface area contributed by atoms with Crippen LogP contribution in [0.25, 0.3) is 0 Å². The van der Waals surface area contributed by atoms with E-state index in [0.29, 0.717) is 0 Å². The highest BCUT2D eigenvalue weighted by Gasteiger charge is 2.29. The molecule has 0 aromatic heterocycles. The van der Waals surface area contributed by atoms with Gasteiger partial charge in [-0.25, -0.2) is 0 Å². The topological polar surface area (TPSA) is 20.2 Å². The molecule has 0 radical (unpaired) electrons. The Balaban J connectivity index is 3.63. The fraction of sp³-hybridized carbons (Fsp3) is 1.00. The molecule has 0 spiro atoms. The zero-order chi connectivity index (χ0) is 30.8. The molecule has 0 aliphatic carbocycles. The molecule has 2 nitrogen and oxygen atoms in total. The first-order valence-electron chi connectivity index (χ1n) is 20.2. The molecule has 0 fully saturated rings. The minimum absolute atomic E-state index is 0.220. The summed E-state index contributed by atoms with van der Waals surface area (Å²) in [5.74, 6) is 0. The van der Waals surface area contributed by atoms with E-state index in [1.165, 1.54) is 219 Å². The van der Waals surface area contributed by atoms with E-state index in [-0.39, 0.29) is 6.23 Å². The maximum Gasteiger partial charge on any atom is 0.187 e. The van der Waals surface area contributed by atoms with Crippen molar-refractivity contribution >= 4 is 0 Å². The molecule has 1 atom stereocenters. The number of rotatable bonds is 36. The van der Waals surface area contributed by atoms with E-state index in [2.05, 4.69) is 20.8 Å². The number of nitrogens with zero attached hydrogens (tertiary/aromatic N) is 1. The van der Waals surface area contributed by atoms with Crippen molar-refractivity contribution in [3.8, 4) is 0 Å². The van der Waals surface area contributed by atoms with Crippen LogP contribution in [0.4, 0.5) is 0 Å². The number of hydrogen-bond donors (Lipinski definition) is 1. The third kappa shape index (κ3) is 27.5. The van der Waals surface area contributed by atoms with Gasteiger partial charge in [0.05, 0.1) is 19.6 Å². The minimum atomic E-state index is -0.220. The lowest BCUT2D eigenvalue weighted by atomic mass is 10.0. The number of aliphatic hydroxyl groups is 1. The lowest BCUT2D eigenvalue weighted by Crippen LogP contribution is -2.55. The molecule has 1 unspecified atom stereocenters. The molecule has 42 heavy (non-hydrogen) atoms. The average molecular weight is 595 g/mol. The second-order valence-electron chi connectivity index (χ2n) is 14.2. The average Bonchev–Trinajstić information content (AvgIpc) is 2.99. The fourth-order valence-corrected chi connectivity index (χ4v) is 7.02. The van der Waals surface area contributed by atoms with E-state index in [4.69, 9.17) is 0 Å². The van der Waals surface area contributed by atoms with Crippen LogP contribution in [-0.4, -0.2) is 35.5 Å². The van der Waals surface area contributed by atoms with Crippen LogP contribution in [0.3, 0.4) is 0 Å². The fourth-order valence-electron chi connectivity index (χ4n) is 7.02. The Bertz CT molecular complexity index is 454. The molecule has 0 amide bonds. The Morgan fingerprint density at radius 3 is 0.690 bits per heavy atom. The van der Waals surface area contributed by atoms with Crippen LogP contribution in [-0.2, 0) is 0 Å². The van der Waals surface area contributed by atoms with Crippen molar-refractivity contribution in [2.45, 2.75) is 239 Å². The van der Waals surface area contributed by atoms with Crippen LogP contribution in [0, 0.1) is 0 Å². The summed E-state index contributed by atoms with van der Waals surface area (Å²) >= 11 is 0. The van der Waals surface area contributed by atoms with Gasteiger partial charge >= 0.3 is 0 Å². The molecule has 2 heteroatoms. The van der Waals surface area contributed by atoms with Gasteiger partial charge in [0.15, 0.2) is 6.23 Å². The molecule has 0 saturated heterocycles. The molecule has 1 N–H and O–H groups in total. The first-order valence-corrected chi connectivity index (χ1v) is 20.2. The van der Waals surface area contributed by atoms with Crippen LogP contribution in [0.1, 0.15) is 233 Å². The van der Waals surface area contributed by atoms with Gasteiger partial charge in [0.25, 0.3) is 0 Å². The molecule has 0 bridgehead atoms. The van der Waals surface area contributed by atoms with Gasteiger partial charge in [-0.2, -0.15) is 0 Å². The lowest BCUT2D eigenvalue weighted by Gasteiger charge is -2.40. The molecule has 0 aliphatic rings. The Kier molecular flexibility index (Phi) is 33.7. The molecule has 0 aromatic carbocycles. The summed E-state index contributed by atoms with van der Waals surface area (Å²) < 4.78 is 0.928. The van der Waals surface area contributed by atoms with Gasteiger partial charge in [-0.3, -0.25) is 4.48 Å². The number of unbranched alkanes of at least 4 members (excludes halogenated alkanes) is 30. The summed E-state index contributed by atoms with van der Waals surface area (Å²) in [6.45, 7) is 12.4. The summed E-state index contributed by atoms with van der Waals surface area (Å²) in [4.78, 5) is 0. The Labute approximate surface area is 268 Å². The zero-order valence-electron chi connectivity index (χ0n) is 30.2. The van der Waals surface area contributed by atoms with Gasteiger partial charge in [0.1, 0.15) is 0 Å². The van der Waals surface area contributed by atoms with E-state index < -0.39 is 0 Å². The van der Waals surface area contributed by atoms with Crippen LogP contribution in [0.2, 0.25) is 0 Å². The molecule has 0 rings (SSSR count). The Hall–Kier alpha value is -0.0800. The van der Waals surface area contributed by atoms with Gasteiger partial charge < -0.3 is 5.11 Å². The maximum absolute atomic E-state index is 10.7. The number of quaternary nitrogens is 1. The third-order valence-electron chi connectivity index (χ3n) is 10.3. The standard InChI is InChI=1S/C40H84NO/c1-5-8-10-12-14-16-18-20-22-24-26-28-30-32-34-36-38-41(7-3,40(4)42)39-37-35-33-31-29-27-25-23-21-19-17-15-13-11-9-6-2/h40,42H,5-39H2,1-4H3/q+1. The highest BCUT2D eigenvalue weighted by Crippen LogP contribution is 2.20. The molecular formula is C40H84NO+. The first kappa shape index (κ1) is 41.9. The molecular weight excluding hydrogens is 510 g/mol. The lowest BCUT2D eigenvalue weighted by molar-refractivity contribution is -0.968. The number of hydrogen-bond acceptors (Lipinski definition) is 1. The van der Waals surface area contributed by atoms with Crippen molar-refractivity contribution in [2.24, 2.45) is 0 Å². The van der Waals surface area contributed by atoms with Crippen molar-refractivity contribution in [2.75, 3.05) is 19.6 Å². The normalized spacial score (nSPS) is 12.8. The van der Waals surface area contributed by atoms with Crippen LogP contribution in [0.15, 0.2) is 0 Å². The third-order valence-corrected chi connectivity index (χ3v) is 10.3. The first-order chi connectivity index (χ1) is 20.6. The molecule has 0 aliphatic heterocycles. The van der Waals surface area contributed by atoms with Crippen molar-refractivity contribution in [1.29, 1.82) is 0 Å². The summed E-state index contributed by atoms with van der Waals surface area (Å²) in [5, 5.41) is 10.7. The van der Waals surface area contributed by atoms with Gasteiger partial charge in [0, 0.05) is 6.92 Å².